The molecule has 0 nitrogen and oxygen atoms in total. The first kappa shape index (κ1) is 8.31. The van der Waals surface area contributed by atoms with Crippen LogP contribution in [0.15, 0.2) is 54.1 Å². The molecule has 0 radical (unpaired) electrons. The molecule has 1 aromatic carbocycles. The Kier molecular flexibility index (Phi) is 2.31. The molecule has 0 spiro atoms. The summed E-state index contributed by atoms with van der Waals surface area (Å²) in [4.78, 5) is 0. The second-order valence-electron chi connectivity index (χ2n) is 3.47. The number of hydrogen-bond acceptors (Lipinski definition) is 0. The van der Waals surface area contributed by atoms with Crippen molar-refractivity contribution in [2.45, 2.75) is 19.3 Å². The predicted octanol–water partition coefficient (Wildman–Crippen LogP) is 3.68. The van der Waals surface area contributed by atoms with Crippen LogP contribution in [0.4, 0.5) is 0 Å². The lowest BCUT2D eigenvalue weighted by atomic mass is 9.94. The smallest absolute Gasteiger partial charge is 0.00578 e. The largest absolute Gasteiger partial charge is 0.0804 e. The van der Waals surface area contributed by atoms with Crippen molar-refractivity contribution in [2.24, 2.45) is 0 Å². The van der Waals surface area contributed by atoms with E-state index >= 15 is 0 Å². The van der Waals surface area contributed by atoms with Crippen LogP contribution in [0.3, 0.4) is 0 Å². The number of benzene rings is 1. The van der Waals surface area contributed by atoms with Crippen LogP contribution in [-0.4, -0.2) is 0 Å². The molecule has 2 rings (SSSR count). The Bertz CT molecular complexity index is 330. The quantitative estimate of drug-likeness (QED) is 0.635. The van der Waals surface area contributed by atoms with Gasteiger partial charge in [-0.05, 0) is 17.6 Å². The highest BCUT2D eigenvalue weighted by molar-refractivity contribution is 5.37. The van der Waals surface area contributed by atoms with Gasteiger partial charge in [-0.1, -0.05) is 55.5 Å². The highest BCUT2D eigenvalue weighted by Gasteiger charge is 2.09. The Morgan fingerprint density at radius 1 is 1.15 bits per heavy atom. The molecule has 1 atom stereocenters. The highest BCUT2D eigenvalue weighted by Crippen LogP contribution is 2.27. The van der Waals surface area contributed by atoms with Gasteiger partial charge in [0.2, 0.25) is 0 Å². The molecule has 0 amide bonds. The van der Waals surface area contributed by atoms with Gasteiger partial charge in [0, 0.05) is 5.92 Å². The van der Waals surface area contributed by atoms with Gasteiger partial charge < -0.3 is 0 Å². The molecule has 1 aliphatic carbocycles. The third-order valence-corrected chi connectivity index (χ3v) is 2.60. The molecule has 0 bridgehead atoms. The zero-order valence-corrected chi connectivity index (χ0v) is 7.90. The first-order chi connectivity index (χ1) is 6.38. The van der Waals surface area contributed by atoms with Crippen molar-refractivity contribution in [2.75, 3.05) is 0 Å². The molecular formula is C13H14. The topological polar surface area (TPSA) is 0 Å². The summed E-state index contributed by atoms with van der Waals surface area (Å²) in [5.41, 5.74) is 2.85. The molecule has 1 aromatic rings. The average molecular weight is 170 g/mol. The van der Waals surface area contributed by atoms with Crippen LogP contribution < -0.4 is 0 Å². The Morgan fingerprint density at radius 3 is 2.54 bits per heavy atom. The lowest BCUT2D eigenvalue weighted by molar-refractivity contribution is 0.923. The van der Waals surface area contributed by atoms with Crippen LogP contribution in [-0.2, 0) is 0 Å². The van der Waals surface area contributed by atoms with Crippen LogP contribution in [0.2, 0.25) is 0 Å². The average Bonchev–Trinajstić information content (AvgIpc) is 2.71. The highest BCUT2D eigenvalue weighted by atomic mass is 14.1. The number of allylic oxidation sites excluding steroid dienone is 4. The van der Waals surface area contributed by atoms with Gasteiger partial charge >= 0.3 is 0 Å². The van der Waals surface area contributed by atoms with E-state index in [4.69, 9.17) is 0 Å². The van der Waals surface area contributed by atoms with Crippen LogP contribution in [0.5, 0.6) is 0 Å². The fourth-order valence-corrected chi connectivity index (χ4v) is 1.73. The van der Waals surface area contributed by atoms with Crippen LogP contribution >= 0.6 is 0 Å². The van der Waals surface area contributed by atoms with Crippen molar-refractivity contribution < 1.29 is 0 Å². The minimum absolute atomic E-state index is 0.542. The Balaban J connectivity index is 2.22. The normalized spacial score (nSPS) is 17.2. The molecule has 66 valence electrons. The SMILES string of the molecule is CC(C1=CCC=C1)c1ccccc1. The van der Waals surface area contributed by atoms with Crippen molar-refractivity contribution in [3.63, 3.8) is 0 Å². The molecule has 13 heavy (non-hydrogen) atoms. The maximum atomic E-state index is 2.30. The molecule has 0 N–H and O–H groups in total. The minimum atomic E-state index is 0.542. The first-order valence-electron chi connectivity index (χ1n) is 4.79. The van der Waals surface area contributed by atoms with E-state index in [-0.39, 0.29) is 0 Å². The molecular weight excluding hydrogens is 156 g/mol. The molecule has 0 aromatic heterocycles. The summed E-state index contributed by atoms with van der Waals surface area (Å²) in [7, 11) is 0. The lowest BCUT2D eigenvalue weighted by Crippen LogP contribution is -1.93. The van der Waals surface area contributed by atoms with E-state index in [0.29, 0.717) is 5.92 Å². The standard InChI is InChI=1S/C13H14/c1-11(13-9-5-6-10-13)12-7-3-2-4-8-12/h2-5,7-11H,6H2,1H3. The zero-order chi connectivity index (χ0) is 9.10. The molecule has 0 heteroatoms. The molecule has 0 saturated carbocycles. The monoisotopic (exact) mass is 170 g/mol. The zero-order valence-electron chi connectivity index (χ0n) is 7.90. The molecule has 0 fully saturated rings. The van der Waals surface area contributed by atoms with Crippen LogP contribution in [0, 0.1) is 0 Å². The van der Waals surface area contributed by atoms with E-state index in [1.807, 2.05) is 0 Å². The van der Waals surface area contributed by atoms with E-state index in [1.165, 1.54) is 11.1 Å². The number of rotatable bonds is 2. The van der Waals surface area contributed by atoms with Crippen molar-refractivity contribution >= 4 is 0 Å². The van der Waals surface area contributed by atoms with Crippen molar-refractivity contribution in [3.05, 3.63) is 59.7 Å². The van der Waals surface area contributed by atoms with E-state index in [2.05, 4.69) is 55.5 Å². The minimum Gasteiger partial charge on any atom is -0.0804 e. The molecule has 0 aliphatic heterocycles. The summed E-state index contributed by atoms with van der Waals surface area (Å²) < 4.78 is 0. The van der Waals surface area contributed by atoms with Gasteiger partial charge in [-0.15, -0.1) is 0 Å². The summed E-state index contributed by atoms with van der Waals surface area (Å²) in [6.45, 7) is 2.26. The van der Waals surface area contributed by atoms with Gasteiger partial charge in [0.1, 0.15) is 0 Å². The van der Waals surface area contributed by atoms with Crippen molar-refractivity contribution in [3.8, 4) is 0 Å². The summed E-state index contributed by atoms with van der Waals surface area (Å²) in [6.07, 6.45) is 7.86. The Labute approximate surface area is 79.6 Å². The summed E-state index contributed by atoms with van der Waals surface area (Å²) in [6, 6.07) is 10.7. The second kappa shape index (κ2) is 3.61. The van der Waals surface area contributed by atoms with E-state index < -0.39 is 0 Å². The summed E-state index contributed by atoms with van der Waals surface area (Å²) in [5, 5.41) is 0. The van der Waals surface area contributed by atoms with Gasteiger partial charge in [-0.25, -0.2) is 0 Å². The molecule has 1 aliphatic rings. The van der Waals surface area contributed by atoms with Gasteiger partial charge in [0.15, 0.2) is 0 Å². The Hall–Kier alpha value is -1.30. The van der Waals surface area contributed by atoms with Crippen molar-refractivity contribution in [1.82, 2.24) is 0 Å². The van der Waals surface area contributed by atoms with E-state index in [9.17, 15) is 0 Å². The number of hydrogen-bond donors (Lipinski definition) is 0. The van der Waals surface area contributed by atoms with Crippen molar-refractivity contribution in [1.29, 1.82) is 0 Å². The second-order valence-corrected chi connectivity index (χ2v) is 3.47. The van der Waals surface area contributed by atoms with Crippen LogP contribution in [0.25, 0.3) is 0 Å². The molecule has 0 saturated heterocycles. The van der Waals surface area contributed by atoms with Crippen LogP contribution in [0.1, 0.15) is 24.8 Å². The summed E-state index contributed by atoms with van der Waals surface area (Å²) in [5.74, 6) is 0.542. The van der Waals surface area contributed by atoms with Gasteiger partial charge in [-0.3, -0.25) is 0 Å². The third kappa shape index (κ3) is 1.72. The molecule has 1 unspecified atom stereocenters. The van der Waals surface area contributed by atoms with E-state index in [1.54, 1.807) is 0 Å². The maximum Gasteiger partial charge on any atom is 0.00578 e. The first-order valence-corrected chi connectivity index (χ1v) is 4.79. The summed E-state index contributed by atoms with van der Waals surface area (Å²) >= 11 is 0. The van der Waals surface area contributed by atoms with E-state index in [0.717, 1.165) is 6.42 Å². The maximum absolute atomic E-state index is 2.30. The van der Waals surface area contributed by atoms with Gasteiger partial charge in [-0.2, -0.15) is 0 Å². The predicted molar refractivity (Wildman–Crippen MR) is 56.7 cm³/mol. The van der Waals surface area contributed by atoms with Gasteiger partial charge in [0.25, 0.3) is 0 Å². The third-order valence-electron chi connectivity index (χ3n) is 2.60. The molecule has 0 heterocycles. The lowest BCUT2D eigenvalue weighted by Gasteiger charge is -2.11. The fourth-order valence-electron chi connectivity index (χ4n) is 1.73. The fraction of sp³-hybridized carbons (Fsp3) is 0.231. The van der Waals surface area contributed by atoms with Gasteiger partial charge in [0.05, 0.1) is 0 Å². The Morgan fingerprint density at radius 2 is 1.92 bits per heavy atom.